The number of carbonyl (C=O) groups is 1. The predicted octanol–water partition coefficient (Wildman–Crippen LogP) is 4.32. The smallest absolute Gasteiger partial charge is 0.348 e. The van der Waals surface area contributed by atoms with Gasteiger partial charge < -0.3 is 9.84 Å². The quantitative estimate of drug-likeness (QED) is 0.619. The van der Waals surface area contributed by atoms with Crippen LogP contribution in [0.2, 0.25) is 0 Å². The van der Waals surface area contributed by atoms with E-state index >= 15 is 0 Å². The van der Waals surface area contributed by atoms with Crippen LogP contribution in [0.15, 0.2) is 27.7 Å². The summed E-state index contributed by atoms with van der Waals surface area (Å²) in [6.07, 6.45) is 1.46. The molecule has 5 nitrogen and oxygen atoms in total. The highest BCUT2D eigenvalue weighted by Gasteiger charge is 2.20. The molecular formula is C16H13BrN2O3S. The number of aliphatic imine (C=N–C) groups is 1. The molecule has 1 aromatic carbocycles. The number of benzene rings is 1. The van der Waals surface area contributed by atoms with Gasteiger partial charge in [0, 0.05) is 16.3 Å². The largest absolute Gasteiger partial charge is 0.507 e. The Kier molecular flexibility index (Phi) is 5.53. The number of phenolic OH excluding ortho intramolecular Hbond substituents is 1. The van der Waals surface area contributed by atoms with Crippen LogP contribution >= 0.6 is 27.3 Å². The molecule has 0 bridgehead atoms. The van der Waals surface area contributed by atoms with Gasteiger partial charge in [0.25, 0.3) is 0 Å². The first kappa shape index (κ1) is 17.2. The maximum Gasteiger partial charge on any atom is 0.348 e. The minimum absolute atomic E-state index is 0.0781. The summed E-state index contributed by atoms with van der Waals surface area (Å²) in [6, 6.07) is 7.02. The maximum atomic E-state index is 11.9. The molecule has 0 aliphatic heterocycles. The minimum Gasteiger partial charge on any atom is -0.507 e. The first-order valence-electron chi connectivity index (χ1n) is 6.71. The van der Waals surface area contributed by atoms with E-state index in [2.05, 4.69) is 27.0 Å². The molecule has 0 unspecified atom stereocenters. The normalized spacial score (nSPS) is 10.7. The van der Waals surface area contributed by atoms with Crippen LogP contribution in [0, 0.1) is 18.3 Å². The van der Waals surface area contributed by atoms with Crippen LogP contribution in [0.3, 0.4) is 0 Å². The SMILES string of the molecule is CCOC(=O)c1sc(/N=C/c2cc(Br)ccc2O)c(C#N)c1C. The Labute approximate surface area is 146 Å². The van der Waals surface area contributed by atoms with Crippen LogP contribution in [0.5, 0.6) is 5.75 Å². The topological polar surface area (TPSA) is 82.7 Å². The molecular weight excluding hydrogens is 380 g/mol. The molecule has 2 rings (SSSR count). The summed E-state index contributed by atoms with van der Waals surface area (Å²) in [5.74, 6) is -0.382. The second kappa shape index (κ2) is 7.40. The fourth-order valence-corrected chi connectivity index (χ4v) is 3.24. The number of phenols is 1. The Hall–Kier alpha value is -2.17. The fourth-order valence-electron chi connectivity index (χ4n) is 1.87. The van der Waals surface area contributed by atoms with Gasteiger partial charge in [-0.2, -0.15) is 5.26 Å². The lowest BCUT2D eigenvalue weighted by molar-refractivity contribution is 0.0531. The van der Waals surface area contributed by atoms with Crippen molar-refractivity contribution in [3.8, 4) is 11.8 Å². The highest BCUT2D eigenvalue weighted by Crippen LogP contribution is 2.35. The van der Waals surface area contributed by atoms with E-state index < -0.39 is 5.97 Å². The average molecular weight is 393 g/mol. The molecule has 7 heteroatoms. The summed E-state index contributed by atoms with van der Waals surface area (Å²) in [7, 11) is 0. The summed E-state index contributed by atoms with van der Waals surface area (Å²) in [5, 5.41) is 19.5. The molecule has 0 atom stereocenters. The van der Waals surface area contributed by atoms with Gasteiger partial charge in [0.05, 0.1) is 12.2 Å². The molecule has 0 saturated carbocycles. The lowest BCUT2D eigenvalue weighted by Gasteiger charge is -1.98. The first-order valence-corrected chi connectivity index (χ1v) is 8.32. The number of nitrogens with zero attached hydrogens (tertiary/aromatic N) is 2. The third-order valence-electron chi connectivity index (χ3n) is 3.01. The molecule has 0 aliphatic carbocycles. The molecule has 2 aromatic rings. The number of esters is 1. The number of halogens is 1. The molecule has 1 N–H and O–H groups in total. The molecule has 0 amide bonds. The summed E-state index contributed by atoms with van der Waals surface area (Å²) in [5.41, 5.74) is 1.40. The molecule has 0 saturated heterocycles. The van der Waals surface area contributed by atoms with E-state index in [0.29, 0.717) is 26.6 Å². The number of ether oxygens (including phenoxy) is 1. The highest BCUT2D eigenvalue weighted by atomic mass is 79.9. The Morgan fingerprint density at radius 2 is 2.30 bits per heavy atom. The zero-order valence-electron chi connectivity index (χ0n) is 12.5. The van der Waals surface area contributed by atoms with E-state index in [1.54, 1.807) is 32.0 Å². The monoisotopic (exact) mass is 392 g/mol. The van der Waals surface area contributed by atoms with Crippen LogP contribution in [0.4, 0.5) is 5.00 Å². The van der Waals surface area contributed by atoms with Gasteiger partial charge in [-0.25, -0.2) is 9.79 Å². The molecule has 23 heavy (non-hydrogen) atoms. The van der Waals surface area contributed by atoms with Crippen LogP contribution < -0.4 is 0 Å². The summed E-state index contributed by atoms with van der Waals surface area (Å²) in [4.78, 5) is 16.5. The lowest BCUT2D eigenvalue weighted by Crippen LogP contribution is -2.03. The number of rotatable bonds is 4. The van der Waals surface area contributed by atoms with Gasteiger partial charge in [0.15, 0.2) is 0 Å². The molecule has 0 fully saturated rings. The number of nitriles is 1. The van der Waals surface area contributed by atoms with E-state index in [1.165, 1.54) is 6.21 Å². The second-order valence-electron chi connectivity index (χ2n) is 4.53. The van der Waals surface area contributed by atoms with Crippen molar-refractivity contribution in [3.05, 3.63) is 44.2 Å². The summed E-state index contributed by atoms with van der Waals surface area (Å²) in [6.45, 7) is 3.68. The van der Waals surface area contributed by atoms with Gasteiger partial charge in [0.2, 0.25) is 0 Å². The van der Waals surface area contributed by atoms with Gasteiger partial charge in [-0.05, 0) is 37.6 Å². The predicted molar refractivity (Wildman–Crippen MR) is 92.8 cm³/mol. The molecule has 1 heterocycles. The van der Waals surface area contributed by atoms with E-state index in [1.807, 2.05) is 0 Å². The number of carbonyl (C=O) groups excluding carboxylic acids is 1. The van der Waals surface area contributed by atoms with Crippen molar-refractivity contribution >= 4 is 44.5 Å². The van der Waals surface area contributed by atoms with Crippen molar-refractivity contribution in [1.82, 2.24) is 0 Å². The van der Waals surface area contributed by atoms with Crippen molar-refractivity contribution in [2.75, 3.05) is 6.61 Å². The van der Waals surface area contributed by atoms with E-state index in [0.717, 1.165) is 15.8 Å². The van der Waals surface area contributed by atoms with Crippen molar-refractivity contribution in [1.29, 1.82) is 5.26 Å². The van der Waals surface area contributed by atoms with Crippen LogP contribution in [0.25, 0.3) is 0 Å². The Balaban J connectivity index is 2.42. The summed E-state index contributed by atoms with van der Waals surface area (Å²) < 4.78 is 5.78. The third-order valence-corrected chi connectivity index (χ3v) is 4.68. The zero-order chi connectivity index (χ0) is 17.0. The molecule has 1 aromatic heterocycles. The molecule has 0 aliphatic rings. The Bertz CT molecular complexity index is 821. The number of hydrogen-bond donors (Lipinski definition) is 1. The van der Waals surface area contributed by atoms with E-state index in [-0.39, 0.29) is 12.4 Å². The average Bonchev–Trinajstić information content (AvgIpc) is 2.84. The number of aromatic hydroxyl groups is 1. The second-order valence-corrected chi connectivity index (χ2v) is 6.44. The fraction of sp³-hybridized carbons (Fsp3) is 0.188. The highest BCUT2D eigenvalue weighted by molar-refractivity contribution is 9.10. The standard InChI is InChI=1S/C16H13BrN2O3S/c1-3-22-16(21)14-9(2)12(7-18)15(23-14)19-8-10-6-11(17)4-5-13(10)20/h4-6,8,20H,3H2,1-2H3/b19-8+. The Morgan fingerprint density at radius 3 is 2.96 bits per heavy atom. The molecule has 0 spiro atoms. The van der Waals surface area contributed by atoms with Gasteiger partial charge >= 0.3 is 5.97 Å². The number of thiophene rings is 1. The number of hydrogen-bond acceptors (Lipinski definition) is 6. The van der Waals surface area contributed by atoms with Gasteiger partial charge in [-0.1, -0.05) is 15.9 Å². The van der Waals surface area contributed by atoms with E-state index in [4.69, 9.17) is 4.74 Å². The molecule has 118 valence electrons. The summed E-state index contributed by atoms with van der Waals surface area (Å²) >= 11 is 4.42. The van der Waals surface area contributed by atoms with Crippen molar-refractivity contribution in [2.24, 2.45) is 4.99 Å². The van der Waals surface area contributed by atoms with Gasteiger partial charge in [-0.15, -0.1) is 11.3 Å². The van der Waals surface area contributed by atoms with Crippen molar-refractivity contribution < 1.29 is 14.6 Å². The third kappa shape index (κ3) is 3.78. The van der Waals surface area contributed by atoms with Gasteiger partial charge in [-0.3, -0.25) is 0 Å². The Morgan fingerprint density at radius 1 is 1.57 bits per heavy atom. The lowest BCUT2D eigenvalue weighted by atomic mass is 10.2. The first-order chi connectivity index (χ1) is 11.0. The minimum atomic E-state index is -0.460. The van der Waals surface area contributed by atoms with Gasteiger partial charge in [0.1, 0.15) is 21.7 Å². The van der Waals surface area contributed by atoms with Crippen molar-refractivity contribution in [2.45, 2.75) is 13.8 Å². The van der Waals surface area contributed by atoms with Crippen LogP contribution in [0.1, 0.15) is 33.3 Å². The van der Waals surface area contributed by atoms with Crippen LogP contribution in [-0.4, -0.2) is 23.9 Å². The van der Waals surface area contributed by atoms with E-state index in [9.17, 15) is 15.2 Å². The maximum absolute atomic E-state index is 11.9. The zero-order valence-corrected chi connectivity index (χ0v) is 14.9. The molecule has 0 radical (unpaired) electrons. The van der Waals surface area contributed by atoms with Crippen molar-refractivity contribution in [3.63, 3.8) is 0 Å². The van der Waals surface area contributed by atoms with Crippen LogP contribution in [-0.2, 0) is 4.74 Å².